The monoisotopic (exact) mass is 309 g/mol. The fraction of sp³-hybridized carbons (Fsp3) is 0.812. The van der Waals surface area contributed by atoms with Crippen LogP contribution in [0.3, 0.4) is 0 Å². The van der Waals surface area contributed by atoms with Crippen LogP contribution < -0.4 is 5.32 Å². The number of aromatic amines is 1. The van der Waals surface area contributed by atoms with Gasteiger partial charge in [-0.2, -0.15) is 5.10 Å². The fourth-order valence-electron chi connectivity index (χ4n) is 3.12. The second-order valence-corrected chi connectivity index (χ2v) is 7.23. The van der Waals surface area contributed by atoms with Crippen molar-refractivity contribution in [1.82, 2.24) is 15.5 Å². The smallest absolute Gasteiger partial charge is 0.173 e. The number of hydrogen-bond acceptors (Lipinski definition) is 5. The number of rotatable bonds is 4. The van der Waals surface area contributed by atoms with Crippen molar-refractivity contribution in [3.63, 3.8) is 0 Å². The average Bonchev–Trinajstić information content (AvgIpc) is 3.07. The van der Waals surface area contributed by atoms with Crippen LogP contribution in [0.1, 0.15) is 44.9 Å². The Hall–Kier alpha value is -0.950. The van der Waals surface area contributed by atoms with Crippen molar-refractivity contribution in [3.05, 3.63) is 17.5 Å². The van der Waals surface area contributed by atoms with Gasteiger partial charge in [-0.1, -0.05) is 20.8 Å². The Labute approximate surface area is 131 Å². The van der Waals surface area contributed by atoms with Crippen LogP contribution >= 0.6 is 0 Å². The minimum absolute atomic E-state index is 0.0760. The highest BCUT2D eigenvalue weighted by Crippen LogP contribution is 2.33. The molecule has 2 fully saturated rings. The summed E-state index contributed by atoms with van der Waals surface area (Å²) < 4.78 is 17.4. The van der Waals surface area contributed by atoms with Crippen molar-refractivity contribution < 1.29 is 14.2 Å². The molecule has 0 aromatic carbocycles. The van der Waals surface area contributed by atoms with E-state index in [1.165, 1.54) is 11.3 Å². The van der Waals surface area contributed by atoms with Gasteiger partial charge in [0, 0.05) is 42.6 Å². The number of hydrogen-bond donors (Lipinski definition) is 2. The molecule has 0 amide bonds. The predicted molar refractivity (Wildman–Crippen MR) is 82.6 cm³/mol. The summed E-state index contributed by atoms with van der Waals surface area (Å²) in [5.74, 6) is -0.392. The topological polar surface area (TPSA) is 68.4 Å². The SMILES string of the molecule is CC(C)(C)c1[nH]ncc1CNC[C@H]1COC2(CCOCC2)O1. The largest absolute Gasteiger partial charge is 0.381 e. The Morgan fingerprint density at radius 3 is 2.86 bits per heavy atom. The van der Waals surface area contributed by atoms with E-state index in [9.17, 15) is 0 Å². The second-order valence-electron chi connectivity index (χ2n) is 7.23. The molecule has 2 saturated heterocycles. The van der Waals surface area contributed by atoms with Crippen LogP contribution in [0.5, 0.6) is 0 Å². The average molecular weight is 309 g/mol. The summed E-state index contributed by atoms with van der Waals surface area (Å²) in [4.78, 5) is 0. The minimum atomic E-state index is -0.392. The highest BCUT2D eigenvalue weighted by atomic mass is 16.7. The van der Waals surface area contributed by atoms with Crippen molar-refractivity contribution >= 4 is 0 Å². The molecule has 2 N–H and O–H groups in total. The maximum atomic E-state index is 6.12. The molecule has 1 aromatic rings. The van der Waals surface area contributed by atoms with Crippen LogP contribution in [-0.2, 0) is 26.2 Å². The van der Waals surface area contributed by atoms with Crippen LogP contribution in [-0.4, -0.2) is 48.5 Å². The standard InChI is InChI=1S/C16H27N3O3/c1-15(2,3)14-12(9-18-19-14)8-17-10-13-11-21-16(22-13)4-6-20-7-5-16/h9,13,17H,4-8,10-11H2,1-3H3,(H,18,19)/t13-/m0/s1. The molecular weight excluding hydrogens is 282 g/mol. The highest BCUT2D eigenvalue weighted by molar-refractivity contribution is 5.23. The van der Waals surface area contributed by atoms with Gasteiger partial charge in [0.15, 0.2) is 5.79 Å². The van der Waals surface area contributed by atoms with Gasteiger partial charge in [0.25, 0.3) is 0 Å². The Morgan fingerprint density at radius 1 is 1.36 bits per heavy atom. The minimum Gasteiger partial charge on any atom is -0.381 e. The van der Waals surface area contributed by atoms with Crippen LogP contribution in [0.2, 0.25) is 0 Å². The molecule has 1 spiro atoms. The Bertz CT molecular complexity index is 489. The van der Waals surface area contributed by atoms with Gasteiger partial charge in [-0.15, -0.1) is 0 Å². The van der Waals surface area contributed by atoms with E-state index in [1.54, 1.807) is 0 Å². The molecule has 1 aromatic heterocycles. The van der Waals surface area contributed by atoms with Crippen LogP contribution in [0, 0.1) is 0 Å². The first-order valence-corrected chi connectivity index (χ1v) is 8.11. The summed E-state index contributed by atoms with van der Waals surface area (Å²) >= 11 is 0. The molecule has 22 heavy (non-hydrogen) atoms. The Balaban J connectivity index is 1.47. The van der Waals surface area contributed by atoms with E-state index in [0.29, 0.717) is 6.61 Å². The van der Waals surface area contributed by atoms with Crippen LogP contribution in [0.15, 0.2) is 6.20 Å². The molecule has 124 valence electrons. The summed E-state index contributed by atoms with van der Waals surface area (Å²) in [6.45, 7) is 10.3. The lowest BCUT2D eigenvalue weighted by Gasteiger charge is -2.31. The molecule has 2 aliphatic rings. The Morgan fingerprint density at radius 2 is 2.14 bits per heavy atom. The van der Waals surface area contributed by atoms with Crippen molar-refractivity contribution in [2.45, 2.75) is 57.5 Å². The van der Waals surface area contributed by atoms with Gasteiger partial charge >= 0.3 is 0 Å². The van der Waals surface area contributed by atoms with Crippen molar-refractivity contribution in [3.8, 4) is 0 Å². The molecule has 0 radical (unpaired) electrons. The zero-order chi connectivity index (χ0) is 15.6. The van der Waals surface area contributed by atoms with Gasteiger partial charge in [0.05, 0.1) is 32.1 Å². The molecular formula is C16H27N3O3. The summed E-state index contributed by atoms with van der Waals surface area (Å²) in [5, 5.41) is 10.8. The molecule has 6 nitrogen and oxygen atoms in total. The molecule has 6 heteroatoms. The highest BCUT2D eigenvalue weighted by Gasteiger charge is 2.42. The molecule has 0 aliphatic carbocycles. The molecule has 2 aliphatic heterocycles. The van der Waals surface area contributed by atoms with Crippen molar-refractivity contribution in [2.75, 3.05) is 26.4 Å². The van der Waals surface area contributed by atoms with Gasteiger partial charge < -0.3 is 19.5 Å². The quantitative estimate of drug-likeness (QED) is 0.886. The number of nitrogens with one attached hydrogen (secondary N) is 2. The fourth-order valence-corrected chi connectivity index (χ4v) is 3.12. The zero-order valence-corrected chi connectivity index (χ0v) is 13.8. The number of nitrogens with zero attached hydrogens (tertiary/aromatic N) is 1. The maximum absolute atomic E-state index is 6.12. The first-order chi connectivity index (χ1) is 10.5. The van der Waals surface area contributed by atoms with E-state index in [4.69, 9.17) is 14.2 Å². The van der Waals surface area contributed by atoms with E-state index in [1.807, 2.05) is 6.20 Å². The second kappa shape index (κ2) is 6.28. The third kappa shape index (κ3) is 3.51. The summed E-state index contributed by atoms with van der Waals surface area (Å²) in [7, 11) is 0. The first kappa shape index (κ1) is 15.9. The molecule has 3 heterocycles. The van der Waals surface area contributed by atoms with Gasteiger partial charge in [0.2, 0.25) is 0 Å². The lowest BCUT2D eigenvalue weighted by molar-refractivity contribution is -0.210. The summed E-state index contributed by atoms with van der Waals surface area (Å²) in [6, 6.07) is 0. The molecule has 1 atom stereocenters. The van der Waals surface area contributed by atoms with Crippen molar-refractivity contribution in [1.29, 1.82) is 0 Å². The van der Waals surface area contributed by atoms with Crippen molar-refractivity contribution in [2.24, 2.45) is 0 Å². The number of aromatic nitrogens is 2. The van der Waals surface area contributed by atoms with Crippen LogP contribution in [0.25, 0.3) is 0 Å². The molecule has 3 rings (SSSR count). The predicted octanol–water partition coefficient (Wildman–Crippen LogP) is 1.72. The zero-order valence-electron chi connectivity index (χ0n) is 13.8. The van der Waals surface area contributed by atoms with Gasteiger partial charge in [0.1, 0.15) is 0 Å². The van der Waals surface area contributed by atoms with Gasteiger partial charge in [-0.05, 0) is 0 Å². The third-order valence-electron chi connectivity index (χ3n) is 4.32. The molecule has 0 unspecified atom stereocenters. The first-order valence-electron chi connectivity index (χ1n) is 8.11. The van der Waals surface area contributed by atoms with Gasteiger partial charge in [-0.3, -0.25) is 5.10 Å². The lowest BCUT2D eigenvalue weighted by atomic mass is 9.89. The number of ether oxygens (including phenoxy) is 3. The third-order valence-corrected chi connectivity index (χ3v) is 4.32. The summed E-state index contributed by atoms with van der Waals surface area (Å²) in [6.07, 6.45) is 3.68. The van der Waals surface area contributed by atoms with Gasteiger partial charge in [-0.25, -0.2) is 0 Å². The Kier molecular flexibility index (Phi) is 4.54. The molecule has 0 bridgehead atoms. The number of H-pyrrole nitrogens is 1. The van der Waals surface area contributed by atoms with Crippen LogP contribution in [0.4, 0.5) is 0 Å². The maximum Gasteiger partial charge on any atom is 0.173 e. The lowest BCUT2D eigenvalue weighted by Crippen LogP contribution is -2.39. The van der Waals surface area contributed by atoms with E-state index < -0.39 is 5.79 Å². The molecule has 0 saturated carbocycles. The van der Waals surface area contributed by atoms with E-state index in [2.05, 4.69) is 36.3 Å². The van der Waals surface area contributed by atoms with E-state index in [0.717, 1.165) is 39.1 Å². The van der Waals surface area contributed by atoms with E-state index in [-0.39, 0.29) is 11.5 Å². The normalized spacial score (nSPS) is 25.0. The summed E-state index contributed by atoms with van der Waals surface area (Å²) in [5.41, 5.74) is 2.48. The van der Waals surface area contributed by atoms with E-state index >= 15 is 0 Å².